The summed E-state index contributed by atoms with van der Waals surface area (Å²) in [6.45, 7) is 1.83. The SMILES string of the molecule is COc1cc(Cl)c(C)cc1NC(=O)c1cc(Cl)nc(Cl)c1. The molecule has 21 heavy (non-hydrogen) atoms. The number of carbonyl (C=O) groups is 1. The number of aromatic nitrogens is 1. The van der Waals surface area contributed by atoms with E-state index in [-0.39, 0.29) is 16.2 Å². The smallest absolute Gasteiger partial charge is 0.255 e. The topological polar surface area (TPSA) is 51.2 Å². The zero-order valence-electron chi connectivity index (χ0n) is 11.2. The van der Waals surface area contributed by atoms with Gasteiger partial charge in [0.1, 0.15) is 16.1 Å². The van der Waals surface area contributed by atoms with E-state index in [1.165, 1.54) is 19.2 Å². The molecule has 0 aliphatic heterocycles. The van der Waals surface area contributed by atoms with Crippen LogP contribution in [0.25, 0.3) is 0 Å². The number of pyridine rings is 1. The van der Waals surface area contributed by atoms with E-state index in [4.69, 9.17) is 39.5 Å². The fourth-order valence-electron chi connectivity index (χ4n) is 1.72. The predicted octanol–water partition coefficient (Wildman–Crippen LogP) is 4.61. The van der Waals surface area contributed by atoms with Crippen molar-refractivity contribution in [2.45, 2.75) is 6.92 Å². The van der Waals surface area contributed by atoms with Gasteiger partial charge in [-0.2, -0.15) is 0 Å². The molecule has 1 amide bonds. The molecule has 7 heteroatoms. The quantitative estimate of drug-likeness (QED) is 0.826. The molecule has 2 aromatic rings. The number of nitrogens with zero attached hydrogens (tertiary/aromatic N) is 1. The molecule has 0 saturated carbocycles. The highest BCUT2D eigenvalue weighted by Crippen LogP contribution is 2.31. The molecule has 1 aromatic carbocycles. The summed E-state index contributed by atoms with van der Waals surface area (Å²) in [4.78, 5) is 16.0. The third kappa shape index (κ3) is 3.79. The molecular formula is C14H11Cl3N2O2. The standard InChI is InChI=1S/C14H11Cl3N2O2/c1-7-3-10(11(21-2)6-9(7)15)18-14(20)8-4-12(16)19-13(17)5-8/h3-6H,1-2H3,(H,18,20). The Morgan fingerprint density at radius 2 is 1.76 bits per heavy atom. The lowest BCUT2D eigenvalue weighted by Gasteiger charge is -2.12. The van der Waals surface area contributed by atoms with Crippen LogP contribution in [0.5, 0.6) is 5.75 Å². The highest BCUT2D eigenvalue weighted by Gasteiger charge is 2.13. The van der Waals surface area contributed by atoms with Gasteiger partial charge in [0.15, 0.2) is 0 Å². The van der Waals surface area contributed by atoms with Gasteiger partial charge in [0.2, 0.25) is 0 Å². The first kappa shape index (κ1) is 15.9. The van der Waals surface area contributed by atoms with Gasteiger partial charge in [-0.25, -0.2) is 4.98 Å². The highest BCUT2D eigenvalue weighted by molar-refractivity contribution is 6.33. The van der Waals surface area contributed by atoms with Gasteiger partial charge in [-0.05, 0) is 30.7 Å². The van der Waals surface area contributed by atoms with Crippen molar-refractivity contribution in [3.63, 3.8) is 0 Å². The molecule has 1 N–H and O–H groups in total. The normalized spacial score (nSPS) is 10.3. The van der Waals surface area contributed by atoms with Crippen molar-refractivity contribution in [3.05, 3.63) is 50.7 Å². The van der Waals surface area contributed by atoms with Gasteiger partial charge < -0.3 is 10.1 Å². The Morgan fingerprint density at radius 1 is 1.14 bits per heavy atom. The molecule has 2 rings (SSSR count). The third-order valence-corrected chi connectivity index (χ3v) is 3.55. The van der Waals surface area contributed by atoms with E-state index in [2.05, 4.69) is 10.3 Å². The summed E-state index contributed by atoms with van der Waals surface area (Å²) in [5, 5.41) is 3.58. The van der Waals surface area contributed by atoms with Gasteiger partial charge in [0, 0.05) is 16.7 Å². The monoisotopic (exact) mass is 344 g/mol. The van der Waals surface area contributed by atoms with Gasteiger partial charge in [0.25, 0.3) is 5.91 Å². The van der Waals surface area contributed by atoms with E-state index in [9.17, 15) is 4.79 Å². The number of anilines is 1. The summed E-state index contributed by atoms with van der Waals surface area (Å²) in [6.07, 6.45) is 0. The van der Waals surface area contributed by atoms with E-state index in [1.807, 2.05) is 6.92 Å². The number of hydrogen-bond acceptors (Lipinski definition) is 3. The zero-order chi connectivity index (χ0) is 15.6. The molecule has 0 spiro atoms. The fraction of sp³-hybridized carbons (Fsp3) is 0.143. The molecule has 0 aliphatic carbocycles. The second-order valence-electron chi connectivity index (χ2n) is 4.26. The molecule has 0 saturated heterocycles. The molecule has 0 aliphatic rings. The number of halogens is 3. The van der Waals surface area contributed by atoms with Crippen LogP contribution in [-0.2, 0) is 0 Å². The zero-order valence-corrected chi connectivity index (χ0v) is 13.5. The van der Waals surface area contributed by atoms with Crippen LogP contribution in [0.2, 0.25) is 15.3 Å². The van der Waals surface area contributed by atoms with E-state index >= 15 is 0 Å². The van der Waals surface area contributed by atoms with Crippen molar-refractivity contribution >= 4 is 46.4 Å². The largest absolute Gasteiger partial charge is 0.495 e. The maximum atomic E-state index is 12.2. The van der Waals surface area contributed by atoms with E-state index < -0.39 is 0 Å². The number of benzene rings is 1. The number of aryl methyl sites for hydroxylation is 1. The lowest BCUT2D eigenvalue weighted by Crippen LogP contribution is -2.13. The first-order chi connectivity index (χ1) is 9.90. The molecular weight excluding hydrogens is 335 g/mol. The van der Waals surface area contributed by atoms with E-state index in [0.29, 0.717) is 22.0 Å². The molecule has 0 atom stereocenters. The van der Waals surface area contributed by atoms with Crippen molar-refractivity contribution in [1.82, 2.24) is 4.98 Å². The number of rotatable bonds is 3. The molecule has 1 aromatic heterocycles. The Hall–Kier alpha value is -1.49. The van der Waals surface area contributed by atoms with E-state index in [0.717, 1.165) is 5.56 Å². The number of amides is 1. The minimum Gasteiger partial charge on any atom is -0.495 e. The first-order valence-corrected chi connectivity index (χ1v) is 7.02. The van der Waals surface area contributed by atoms with Crippen molar-refractivity contribution in [2.75, 3.05) is 12.4 Å². The maximum absolute atomic E-state index is 12.2. The summed E-state index contributed by atoms with van der Waals surface area (Å²) in [5.74, 6) is 0.0893. The van der Waals surface area contributed by atoms with Gasteiger partial charge in [-0.3, -0.25) is 4.79 Å². The first-order valence-electron chi connectivity index (χ1n) is 5.89. The van der Waals surface area contributed by atoms with Crippen LogP contribution in [0.15, 0.2) is 24.3 Å². The Morgan fingerprint density at radius 3 is 2.33 bits per heavy atom. The molecule has 110 valence electrons. The fourth-order valence-corrected chi connectivity index (χ4v) is 2.33. The number of nitrogens with one attached hydrogen (secondary N) is 1. The minimum absolute atomic E-state index is 0.145. The maximum Gasteiger partial charge on any atom is 0.255 e. The Balaban J connectivity index is 2.33. The van der Waals surface area contributed by atoms with E-state index in [1.54, 1.807) is 12.1 Å². The van der Waals surface area contributed by atoms with Crippen LogP contribution < -0.4 is 10.1 Å². The summed E-state index contributed by atoms with van der Waals surface area (Å²) in [5.41, 5.74) is 1.63. The summed E-state index contributed by atoms with van der Waals surface area (Å²) < 4.78 is 5.20. The summed E-state index contributed by atoms with van der Waals surface area (Å²) in [7, 11) is 1.50. The Kier molecular flexibility index (Phi) is 4.93. The molecule has 0 unspecified atom stereocenters. The van der Waals surface area contributed by atoms with Crippen LogP contribution in [-0.4, -0.2) is 18.0 Å². The Labute approximate surface area is 137 Å². The van der Waals surface area contributed by atoms with Crippen LogP contribution in [0, 0.1) is 6.92 Å². The molecule has 0 bridgehead atoms. The number of ether oxygens (including phenoxy) is 1. The second kappa shape index (κ2) is 6.52. The van der Waals surface area contributed by atoms with Crippen LogP contribution in [0.4, 0.5) is 5.69 Å². The number of methoxy groups -OCH3 is 1. The molecule has 0 fully saturated rings. The van der Waals surface area contributed by atoms with Gasteiger partial charge in [-0.1, -0.05) is 34.8 Å². The summed E-state index contributed by atoms with van der Waals surface area (Å²) >= 11 is 17.6. The second-order valence-corrected chi connectivity index (χ2v) is 5.44. The van der Waals surface area contributed by atoms with Crippen molar-refractivity contribution < 1.29 is 9.53 Å². The Bertz CT molecular complexity index is 685. The summed E-state index contributed by atoms with van der Waals surface area (Å²) in [6, 6.07) is 6.22. The van der Waals surface area contributed by atoms with Crippen molar-refractivity contribution in [2.24, 2.45) is 0 Å². The minimum atomic E-state index is -0.374. The highest BCUT2D eigenvalue weighted by atomic mass is 35.5. The average Bonchev–Trinajstić information content (AvgIpc) is 2.41. The molecule has 0 radical (unpaired) electrons. The van der Waals surface area contributed by atoms with Gasteiger partial charge in [-0.15, -0.1) is 0 Å². The van der Waals surface area contributed by atoms with Crippen LogP contribution in [0.1, 0.15) is 15.9 Å². The lowest BCUT2D eigenvalue weighted by molar-refractivity contribution is 0.102. The molecule has 4 nitrogen and oxygen atoms in total. The van der Waals surface area contributed by atoms with Crippen LogP contribution in [0.3, 0.4) is 0 Å². The lowest BCUT2D eigenvalue weighted by atomic mass is 10.2. The number of hydrogen-bond donors (Lipinski definition) is 1. The number of carbonyl (C=O) groups excluding carboxylic acids is 1. The third-order valence-electron chi connectivity index (χ3n) is 2.75. The van der Waals surface area contributed by atoms with Crippen molar-refractivity contribution in [3.8, 4) is 5.75 Å². The van der Waals surface area contributed by atoms with Gasteiger partial charge >= 0.3 is 0 Å². The predicted molar refractivity (Wildman–Crippen MR) is 85.0 cm³/mol. The van der Waals surface area contributed by atoms with Gasteiger partial charge in [0.05, 0.1) is 12.8 Å². The van der Waals surface area contributed by atoms with Crippen LogP contribution >= 0.6 is 34.8 Å². The average molecular weight is 346 g/mol. The molecule has 1 heterocycles. The van der Waals surface area contributed by atoms with Crippen molar-refractivity contribution in [1.29, 1.82) is 0 Å².